The van der Waals surface area contributed by atoms with Crippen molar-refractivity contribution in [2.24, 2.45) is 5.73 Å². The molecule has 1 unspecified atom stereocenters. The van der Waals surface area contributed by atoms with Crippen molar-refractivity contribution in [1.29, 1.82) is 0 Å². The van der Waals surface area contributed by atoms with Crippen molar-refractivity contribution in [3.8, 4) is 0 Å². The molecule has 1 aliphatic heterocycles. The zero-order valence-corrected chi connectivity index (χ0v) is 11.1. The number of rotatable bonds is 6. The van der Waals surface area contributed by atoms with Gasteiger partial charge in [-0.25, -0.2) is 0 Å². The fraction of sp³-hybridized carbons (Fsp3) is 0.538. The van der Waals surface area contributed by atoms with Crippen LogP contribution in [0.3, 0.4) is 0 Å². The standard InChI is InChI=1S/C13H20N4O2/c1-19-9-13(4-2-5-17-13)8-16-10-3-6-15-11(7-10)12(14)18/h3,6-7,17H,2,4-5,8-9H2,1H3,(H2,14,18)(H,15,16). The van der Waals surface area contributed by atoms with E-state index in [0.29, 0.717) is 6.61 Å². The average molecular weight is 264 g/mol. The van der Waals surface area contributed by atoms with Gasteiger partial charge in [0, 0.05) is 25.5 Å². The molecule has 1 aromatic heterocycles. The van der Waals surface area contributed by atoms with Crippen LogP contribution in [0.15, 0.2) is 18.3 Å². The van der Waals surface area contributed by atoms with Gasteiger partial charge in [0.25, 0.3) is 5.91 Å². The number of aromatic nitrogens is 1. The minimum absolute atomic E-state index is 0.0368. The summed E-state index contributed by atoms with van der Waals surface area (Å²) in [6.07, 6.45) is 3.79. The van der Waals surface area contributed by atoms with E-state index in [1.54, 1.807) is 19.4 Å². The Balaban J connectivity index is 2.01. The van der Waals surface area contributed by atoms with E-state index < -0.39 is 5.91 Å². The molecule has 1 atom stereocenters. The predicted octanol–water partition coefficient (Wildman–Crippen LogP) is 0.361. The molecule has 1 saturated heterocycles. The Bertz CT molecular complexity index is 444. The lowest BCUT2D eigenvalue weighted by molar-refractivity contribution is 0.0995. The molecule has 19 heavy (non-hydrogen) atoms. The smallest absolute Gasteiger partial charge is 0.267 e. The van der Waals surface area contributed by atoms with E-state index in [2.05, 4.69) is 15.6 Å². The Morgan fingerprint density at radius 2 is 2.53 bits per heavy atom. The molecule has 2 rings (SSSR count). The minimum atomic E-state index is -0.519. The SMILES string of the molecule is COCC1(CNc2ccnc(C(N)=O)c2)CCCN1. The molecule has 6 nitrogen and oxygen atoms in total. The fourth-order valence-corrected chi connectivity index (χ4v) is 2.42. The number of nitrogens with zero attached hydrogens (tertiary/aromatic N) is 1. The topological polar surface area (TPSA) is 89.3 Å². The quantitative estimate of drug-likeness (QED) is 0.690. The number of anilines is 1. The zero-order chi connectivity index (χ0) is 13.7. The Hall–Kier alpha value is -1.66. The van der Waals surface area contributed by atoms with Crippen molar-refractivity contribution in [2.45, 2.75) is 18.4 Å². The van der Waals surface area contributed by atoms with Gasteiger partial charge >= 0.3 is 0 Å². The van der Waals surface area contributed by atoms with Gasteiger partial charge in [0.1, 0.15) is 5.69 Å². The Morgan fingerprint density at radius 1 is 1.68 bits per heavy atom. The molecule has 104 valence electrons. The van der Waals surface area contributed by atoms with Crippen molar-refractivity contribution in [3.05, 3.63) is 24.0 Å². The predicted molar refractivity (Wildman–Crippen MR) is 73.1 cm³/mol. The lowest BCUT2D eigenvalue weighted by Crippen LogP contribution is -2.49. The molecule has 0 bridgehead atoms. The van der Waals surface area contributed by atoms with Gasteiger partial charge in [0.15, 0.2) is 0 Å². The molecule has 0 spiro atoms. The lowest BCUT2D eigenvalue weighted by atomic mass is 9.98. The van der Waals surface area contributed by atoms with E-state index >= 15 is 0 Å². The maximum absolute atomic E-state index is 11.1. The molecule has 0 aliphatic carbocycles. The van der Waals surface area contributed by atoms with Gasteiger partial charge in [-0.3, -0.25) is 9.78 Å². The van der Waals surface area contributed by atoms with Crippen LogP contribution in [-0.4, -0.2) is 43.2 Å². The number of methoxy groups -OCH3 is 1. The van der Waals surface area contributed by atoms with Crippen molar-refractivity contribution < 1.29 is 9.53 Å². The second-order valence-corrected chi connectivity index (χ2v) is 4.89. The van der Waals surface area contributed by atoms with E-state index in [9.17, 15) is 4.79 Å². The van der Waals surface area contributed by atoms with Crippen LogP contribution >= 0.6 is 0 Å². The van der Waals surface area contributed by atoms with E-state index in [0.717, 1.165) is 31.6 Å². The number of amides is 1. The van der Waals surface area contributed by atoms with Crippen LogP contribution in [0.4, 0.5) is 5.69 Å². The van der Waals surface area contributed by atoms with Crippen LogP contribution in [0.5, 0.6) is 0 Å². The molecule has 1 aromatic rings. The number of carbonyl (C=O) groups is 1. The second-order valence-electron chi connectivity index (χ2n) is 4.89. The number of pyridine rings is 1. The van der Waals surface area contributed by atoms with Crippen LogP contribution < -0.4 is 16.4 Å². The van der Waals surface area contributed by atoms with E-state index in [1.807, 2.05) is 6.07 Å². The molecular formula is C13H20N4O2. The summed E-state index contributed by atoms with van der Waals surface area (Å²) < 4.78 is 5.29. The molecule has 4 N–H and O–H groups in total. The molecular weight excluding hydrogens is 244 g/mol. The molecule has 1 amide bonds. The zero-order valence-electron chi connectivity index (χ0n) is 11.1. The van der Waals surface area contributed by atoms with Crippen molar-refractivity contribution >= 4 is 11.6 Å². The third-order valence-electron chi connectivity index (χ3n) is 3.40. The van der Waals surface area contributed by atoms with Gasteiger partial charge in [-0.1, -0.05) is 0 Å². The first-order chi connectivity index (χ1) is 9.15. The maximum atomic E-state index is 11.1. The van der Waals surface area contributed by atoms with Crippen LogP contribution in [0, 0.1) is 0 Å². The number of ether oxygens (including phenoxy) is 1. The number of nitrogens with one attached hydrogen (secondary N) is 2. The Kier molecular flexibility index (Phi) is 4.34. The first-order valence-electron chi connectivity index (χ1n) is 6.39. The van der Waals surface area contributed by atoms with Gasteiger partial charge in [-0.2, -0.15) is 0 Å². The highest BCUT2D eigenvalue weighted by molar-refractivity contribution is 5.91. The van der Waals surface area contributed by atoms with E-state index in [-0.39, 0.29) is 11.2 Å². The van der Waals surface area contributed by atoms with Crippen LogP contribution in [-0.2, 0) is 4.74 Å². The minimum Gasteiger partial charge on any atom is -0.383 e. The van der Waals surface area contributed by atoms with Crippen LogP contribution in [0.2, 0.25) is 0 Å². The first kappa shape index (κ1) is 13.8. The summed E-state index contributed by atoms with van der Waals surface area (Å²) in [5.74, 6) is -0.519. The number of primary amides is 1. The number of hydrogen-bond donors (Lipinski definition) is 3. The summed E-state index contributed by atoms with van der Waals surface area (Å²) in [6, 6.07) is 3.49. The highest BCUT2D eigenvalue weighted by Gasteiger charge is 2.33. The Morgan fingerprint density at radius 3 is 3.16 bits per heavy atom. The van der Waals surface area contributed by atoms with Gasteiger partial charge in [-0.05, 0) is 31.5 Å². The molecule has 1 fully saturated rings. The molecule has 0 saturated carbocycles. The molecule has 1 aliphatic rings. The summed E-state index contributed by atoms with van der Waals surface area (Å²) in [6.45, 7) is 2.41. The highest BCUT2D eigenvalue weighted by atomic mass is 16.5. The maximum Gasteiger partial charge on any atom is 0.267 e. The van der Waals surface area contributed by atoms with Crippen LogP contribution in [0.1, 0.15) is 23.3 Å². The van der Waals surface area contributed by atoms with Gasteiger partial charge in [-0.15, -0.1) is 0 Å². The monoisotopic (exact) mass is 264 g/mol. The second kappa shape index (κ2) is 5.99. The van der Waals surface area contributed by atoms with E-state index in [1.165, 1.54) is 0 Å². The summed E-state index contributed by atoms with van der Waals surface area (Å²) >= 11 is 0. The summed E-state index contributed by atoms with van der Waals surface area (Å²) in [7, 11) is 1.71. The highest BCUT2D eigenvalue weighted by Crippen LogP contribution is 2.20. The van der Waals surface area contributed by atoms with Crippen LogP contribution in [0.25, 0.3) is 0 Å². The van der Waals surface area contributed by atoms with Crippen molar-refractivity contribution in [1.82, 2.24) is 10.3 Å². The lowest BCUT2D eigenvalue weighted by Gasteiger charge is -2.29. The number of nitrogens with two attached hydrogens (primary N) is 1. The largest absolute Gasteiger partial charge is 0.383 e. The first-order valence-corrected chi connectivity index (χ1v) is 6.39. The molecule has 6 heteroatoms. The average Bonchev–Trinajstić information content (AvgIpc) is 2.86. The van der Waals surface area contributed by atoms with Gasteiger partial charge < -0.3 is 21.1 Å². The Labute approximate surface area is 112 Å². The van der Waals surface area contributed by atoms with Crippen molar-refractivity contribution in [2.75, 3.05) is 32.1 Å². The van der Waals surface area contributed by atoms with Gasteiger partial charge in [0.05, 0.1) is 12.1 Å². The van der Waals surface area contributed by atoms with E-state index in [4.69, 9.17) is 10.5 Å². The number of hydrogen-bond acceptors (Lipinski definition) is 5. The summed E-state index contributed by atoms with van der Waals surface area (Å²) in [5, 5.41) is 6.80. The van der Waals surface area contributed by atoms with Crippen molar-refractivity contribution in [3.63, 3.8) is 0 Å². The molecule has 0 radical (unpaired) electrons. The third kappa shape index (κ3) is 3.42. The molecule has 2 heterocycles. The fourth-order valence-electron chi connectivity index (χ4n) is 2.42. The summed E-state index contributed by atoms with van der Waals surface area (Å²) in [4.78, 5) is 15.0. The normalized spacial score (nSPS) is 22.4. The third-order valence-corrected chi connectivity index (χ3v) is 3.40. The van der Waals surface area contributed by atoms with Gasteiger partial charge in [0.2, 0.25) is 0 Å². The number of carbonyl (C=O) groups excluding carboxylic acids is 1. The summed E-state index contributed by atoms with van der Waals surface area (Å²) in [5.41, 5.74) is 6.29. The molecule has 0 aromatic carbocycles.